The molecule has 1 amide bonds. The van der Waals surface area contributed by atoms with Crippen molar-refractivity contribution < 1.29 is 4.79 Å². The van der Waals surface area contributed by atoms with Gasteiger partial charge in [-0.3, -0.25) is 10.2 Å². The molecule has 3 heteroatoms. The molecule has 0 spiro atoms. The molecule has 0 saturated heterocycles. The largest absolute Gasteiger partial charge is 0.290 e. The molecule has 3 nitrogen and oxygen atoms in total. The molecule has 0 bridgehead atoms. The van der Waals surface area contributed by atoms with Gasteiger partial charge in [-0.1, -0.05) is 39.0 Å². The van der Waals surface area contributed by atoms with Crippen molar-refractivity contribution in [1.82, 2.24) is 5.43 Å². The highest BCUT2D eigenvalue weighted by molar-refractivity contribution is 5.95. The van der Waals surface area contributed by atoms with E-state index in [-0.39, 0.29) is 5.91 Å². The molecule has 1 aromatic carbocycles. The third-order valence-electron chi connectivity index (χ3n) is 1.77. The van der Waals surface area contributed by atoms with Crippen LogP contribution in [0.1, 0.15) is 36.7 Å². The van der Waals surface area contributed by atoms with Gasteiger partial charge in [0, 0.05) is 5.56 Å². The second kappa shape index (κ2) is 7.09. The third-order valence-corrected chi connectivity index (χ3v) is 1.77. The van der Waals surface area contributed by atoms with Crippen LogP contribution in [0.4, 0.5) is 0 Å². The molecule has 78 valence electrons. The number of hydrazine groups is 1. The maximum Gasteiger partial charge on any atom is 0.265 e. The van der Waals surface area contributed by atoms with E-state index in [1.807, 2.05) is 39.0 Å². The fraction of sp³-hybridized carbons (Fsp3) is 0.364. The first-order valence-electron chi connectivity index (χ1n) is 4.88. The van der Waals surface area contributed by atoms with Crippen molar-refractivity contribution in [2.75, 3.05) is 0 Å². The summed E-state index contributed by atoms with van der Waals surface area (Å²) in [5.74, 6) is 4.80. The molecular formula is C11H18N2O. The average Bonchev–Trinajstić information content (AvgIpc) is 2.30. The molecule has 0 atom stereocenters. The van der Waals surface area contributed by atoms with Crippen molar-refractivity contribution in [1.29, 1.82) is 0 Å². The number of carbonyl (C=O) groups excluding carboxylic acids is 1. The lowest BCUT2D eigenvalue weighted by Crippen LogP contribution is -2.30. The van der Waals surface area contributed by atoms with E-state index < -0.39 is 0 Å². The Hall–Kier alpha value is -1.35. The Labute approximate surface area is 85.3 Å². The van der Waals surface area contributed by atoms with Gasteiger partial charge < -0.3 is 0 Å². The normalized spacial score (nSPS) is 8.57. The quantitative estimate of drug-likeness (QED) is 0.429. The second-order valence-corrected chi connectivity index (χ2v) is 2.48. The Morgan fingerprint density at radius 2 is 1.93 bits per heavy atom. The molecule has 0 aromatic heterocycles. The van der Waals surface area contributed by atoms with Gasteiger partial charge >= 0.3 is 0 Å². The zero-order chi connectivity index (χ0) is 11.0. The smallest absolute Gasteiger partial charge is 0.265 e. The van der Waals surface area contributed by atoms with Gasteiger partial charge in [-0.15, -0.1) is 0 Å². The lowest BCUT2D eigenvalue weighted by atomic mass is 10.1. The number of carbonyl (C=O) groups is 1. The van der Waals surface area contributed by atoms with Gasteiger partial charge in [-0.25, -0.2) is 5.84 Å². The van der Waals surface area contributed by atoms with Crippen molar-refractivity contribution >= 4 is 5.91 Å². The summed E-state index contributed by atoms with van der Waals surface area (Å²) in [6, 6.07) is 7.42. The van der Waals surface area contributed by atoms with Crippen LogP contribution in [0.25, 0.3) is 0 Å². The van der Waals surface area contributed by atoms with Crippen LogP contribution in [0, 0.1) is 0 Å². The summed E-state index contributed by atoms with van der Waals surface area (Å²) in [5.41, 5.74) is 3.79. The summed E-state index contributed by atoms with van der Waals surface area (Å²) in [5, 5.41) is 0. The standard InChI is InChI=1S/C9H12N2O.C2H6/c1-2-7-5-3-4-6-8(7)9(12)11-10;1-2/h3-6H,2,10H2,1H3,(H,11,12);1-2H3. The van der Waals surface area contributed by atoms with Crippen LogP contribution in [0.15, 0.2) is 24.3 Å². The molecule has 0 saturated carbocycles. The van der Waals surface area contributed by atoms with E-state index in [4.69, 9.17) is 5.84 Å². The molecule has 1 aromatic rings. The second-order valence-electron chi connectivity index (χ2n) is 2.48. The van der Waals surface area contributed by atoms with Crippen LogP contribution >= 0.6 is 0 Å². The van der Waals surface area contributed by atoms with Crippen LogP contribution in [0.3, 0.4) is 0 Å². The lowest BCUT2D eigenvalue weighted by Gasteiger charge is -2.04. The fourth-order valence-electron chi connectivity index (χ4n) is 1.13. The lowest BCUT2D eigenvalue weighted by molar-refractivity contribution is 0.0953. The van der Waals surface area contributed by atoms with Gasteiger partial charge in [-0.05, 0) is 18.1 Å². The van der Waals surface area contributed by atoms with E-state index in [0.717, 1.165) is 12.0 Å². The Balaban J connectivity index is 0.000000791. The molecule has 0 heterocycles. The predicted octanol–water partition coefficient (Wildman–Crippen LogP) is 1.88. The molecule has 0 aliphatic rings. The first-order valence-corrected chi connectivity index (χ1v) is 4.88. The molecule has 0 unspecified atom stereocenters. The van der Waals surface area contributed by atoms with Gasteiger partial charge in [0.1, 0.15) is 0 Å². The molecule has 1 rings (SSSR count). The summed E-state index contributed by atoms with van der Waals surface area (Å²) in [6.45, 7) is 6.00. The third kappa shape index (κ3) is 3.18. The van der Waals surface area contributed by atoms with Crippen LogP contribution in [-0.4, -0.2) is 5.91 Å². The molecular weight excluding hydrogens is 176 g/mol. The zero-order valence-electron chi connectivity index (χ0n) is 9.00. The molecule has 0 radical (unpaired) electrons. The van der Waals surface area contributed by atoms with Gasteiger partial charge in [0.25, 0.3) is 5.91 Å². The van der Waals surface area contributed by atoms with Gasteiger partial charge in [0.05, 0.1) is 0 Å². The Bertz CT molecular complexity index is 284. The van der Waals surface area contributed by atoms with Gasteiger partial charge in [0.15, 0.2) is 0 Å². The van der Waals surface area contributed by atoms with Crippen molar-refractivity contribution in [3.05, 3.63) is 35.4 Å². The fourth-order valence-corrected chi connectivity index (χ4v) is 1.13. The highest BCUT2D eigenvalue weighted by atomic mass is 16.2. The van der Waals surface area contributed by atoms with E-state index >= 15 is 0 Å². The van der Waals surface area contributed by atoms with Gasteiger partial charge in [-0.2, -0.15) is 0 Å². The van der Waals surface area contributed by atoms with E-state index in [2.05, 4.69) is 5.43 Å². The van der Waals surface area contributed by atoms with Crippen molar-refractivity contribution in [3.8, 4) is 0 Å². The van der Waals surface area contributed by atoms with Crippen molar-refractivity contribution in [2.45, 2.75) is 27.2 Å². The Kier molecular flexibility index (Phi) is 6.41. The first kappa shape index (κ1) is 12.7. The highest BCUT2D eigenvalue weighted by Gasteiger charge is 2.06. The maximum atomic E-state index is 11.2. The molecule has 14 heavy (non-hydrogen) atoms. The Morgan fingerprint density at radius 1 is 1.36 bits per heavy atom. The minimum absolute atomic E-state index is 0.229. The summed E-state index contributed by atoms with van der Waals surface area (Å²) in [7, 11) is 0. The number of nitrogens with one attached hydrogen (secondary N) is 1. The number of nitrogen functional groups attached to an aromatic ring is 1. The summed E-state index contributed by atoms with van der Waals surface area (Å²) in [4.78, 5) is 11.2. The number of benzene rings is 1. The van der Waals surface area contributed by atoms with Crippen LogP contribution in [0.2, 0.25) is 0 Å². The number of aryl methyl sites for hydroxylation is 1. The maximum absolute atomic E-state index is 11.2. The molecule has 0 aliphatic heterocycles. The monoisotopic (exact) mass is 194 g/mol. The number of nitrogens with two attached hydrogens (primary N) is 1. The summed E-state index contributed by atoms with van der Waals surface area (Å²) < 4.78 is 0. The highest BCUT2D eigenvalue weighted by Crippen LogP contribution is 2.08. The summed E-state index contributed by atoms with van der Waals surface area (Å²) in [6.07, 6.45) is 0.837. The topological polar surface area (TPSA) is 55.1 Å². The molecule has 0 fully saturated rings. The predicted molar refractivity (Wildman–Crippen MR) is 58.8 cm³/mol. The minimum Gasteiger partial charge on any atom is -0.290 e. The van der Waals surface area contributed by atoms with Crippen molar-refractivity contribution in [2.24, 2.45) is 5.84 Å². The van der Waals surface area contributed by atoms with Crippen LogP contribution in [-0.2, 0) is 6.42 Å². The van der Waals surface area contributed by atoms with Crippen LogP contribution in [0.5, 0.6) is 0 Å². The number of hydrogen-bond donors (Lipinski definition) is 2. The number of amides is 1. The molecule has 3 N–H and O–H groups in total. The minimum atomic E-state index is -0.229. The zero-order valence-corrected chi connectivity index (χ0v) is 9.00. The summed E-state index contributed by atoms with van der Waals surface area (Å²) >= 11 is 0. The van der Waals surface area contributed by atoms with E-state index in [9.17, 15) is 4.79 Å². The van der Waals surface area contributed by atoms with Crippen molar-refractivity contribution in [3.63, 3.8) is 0 Å². The number of rotatable bonds is 2. The van der Waals surface area contributed by atoms with Gasteiger partial charge in [0.2, 0.25) is 0 Å². The number of hydrogen-bond acceptors (Lipinski definition) is 2. The first-order chi connectivity index (χ1) is 6.79. The SMILES string of the molecule is CC.CCc1ccccc1C(=O)NN. The Morgan fingerprint density at radius 3 is 2.43 bits per heavy atom. The van der Waals surface area contributed by atoms with E-state index in [1.165, 1.54) is 0 Å². The van der Waals surface area contributed by atoms with Crippen LogP contribution < -0.4 is 11.3 Å². The molecule has 0 aliphatic carbocycles. The van der Waals surface area contributed by atoms with E-state index in [0.29, 0.717) is 5.56 Å². The van der Waals surface area contributed by atoms with E-state index in [1.54, 1.807) is 6.07 Å². The average molecular weight is 194 g/mol.